The van der Waals surface area contributed by atoms with Gasteiger partial charge in [-0.1, -0.05) is 12.1 Å². The number of hydrogen-bond donors (Lipinski definition) is 1. The molecule has 13 heavy (non-hydrogen) atoms. The first-order valence-electron chi connectivity index (χ1n) is 3.27. The molecule has 1 aliphatic rings. The average Bonchev–Trinajstić information content (AvgIpc) is 2.25. The third-order valence-electron chi connectivity index (χ3n) is 1.65. The molecule has 0 saturated carbocycles. The van der Waals surface area contributed by atoms with Gasteiger partial charge in [-0.2, -0.15) is 0 Å². The van der Waals surface area contributed by atoms with Crippen LogP contribution in [0.25, 0.3) is 0 Å². The number of benzene rings is 1. The molecule has 1 aliphatic heterocycles. The van der Waals surface area contributed by atoms with Crippen LogP contribution < -0.4 is 56.1 Å². The van der Waals surface area contributed by atoms with Crippen LogP contribution in [-0.2, 0) is 10.0 Å². The smallest absolute Gasteiger partial charge is 1.00 e. The zero-order valence-corrected chi connectivity index (χ0v) is 10.9. The number of carbonyl (C=O) groups is 1. The van der Waals surface area contributed by atoms with Crippen molar-refractivity contribution in [3.63, 3.8) is 0 Å². The van der Waals surface area contributed by atoms with Crippen LogP contribution in [0.3, 0.4) is 0 Å². The van der Waals surface area contributed by atoms with Gasteiger partial charge in [-0.3, -0.25) is 4.79 Å². The standard InChI is InChI=1S/C7H5NO3S.K.H/c9-7-5-3-1-2-4-6(5)12(10,11)8-7;;/h1-4H,(H,8,9);;/q;+1;-1. The normalized spacial score (nSPS) is 17.1. The second-order valence-electron chi connectivity index (χ2n) is 2.43. The van der Waals surface area contributed by atoms with Crippen LogP contribution in [-0.4, -0.2) is 14.3 Å². The number of fused-ring (bicyclic) bond motifs is 1. The second-order valence-corrected chi connectivity index (χ2v) is 4.08. The summed E-state index contributed by atoms with van der Waals surface area (Å²) in [6, 6.07) is 6.09. The number of rotatable bonds is 0. The number of nitrogens with one attached hydrogen (secondary N) is 1. The number of sulfonamides is 1. The van der Waals surface area contributed by atoms with Crippen molar-refractivity contribution < 1.29 is 66.0 Å². The minimum absolute atomic E-state index is 0. The summed E-state index contributed by atoms with van der Waals surface area (Å²) in [6.07, 6.45) is 0. The zero-order chi connectivity index (χ0) is 8.77. The molecule has 1 aromatic rings. The van der Waals surface area contributed by atoms with Gasteiger partial charge in [0, 0.05) is 0 Å². The predicted molar refractivity (Wildman–Crippen MR) is 42.2 cm³/mol. The van der Waals surface area contributed by atoms with E-state index in [9.17, 15) is 13.2 Å². The third kappa shape index (κ3) is 1.88. The predicted octanol–water partition coefficient (Wildman–Crippen LogP) is -2.76. The van der Waals surface area contributed by atoms with Gasteiger partial charge in [0.1, 0.15) is 4.90 Å². The molecule has 2 rings (SSSR count). The fourth-order valence-electron chi connectivity index (χ4n) is 1.12. The summed E-state index contributed by atoms with van der Waals surface area (Å²) in [6.45, 7) is 0. The number of hydrogen-bond acceptors (Lipinski definition) is 3. The molecule has 0 unspecified atom stereocenters. The van der Waals surface area contributed by atoms with E-state index < -0.39 is 15.9 Å². The van der Waals surface area contributed by atoms with Crippen molar-refractivity contribution in [2.75, 3.05) is 0 Å². The molecule has 0 saturated heterocycles. The number of carbonyl (C=O) groups excluding carboxylic acids is 1. The Hall–Kier alpha value is 0.276. The topological polar surface area (TPSA) is 63.2 Å². The van der Waals surface area contributed by atoms with E-state index in [1.807, 2.05) is 4.72 Å². The Morgan fingerprint density at radius 3 is 2.46 bits per heavy atom. The van der Waals surface area contributed by atoms with E-state index in [0.717, 1.165) is 0 Å². The summed E-state index contributed by atoms with van der Waals surface area (Å²) in [4.78, 5) is 11.1. The Morgan fingerprint density at radius 1 is 1.23 bits per heavy atom. The number of amides is 1. The van der Waals surface area contributed by atoms with E-state index >= 15 is 0 Å². The first-order valence-corrected chi connectivity index (χ1v) is 4.76. The monoisotopic (exact) mass is 223 g/mol. The maximum absolute atomic E-state index is 11.1. The Balaban J connectivity index is 0.000000845. The van der Waals surface area contributed by atoms with Crippen LogP contribution in [0.15, 0.2) is 29.2 Å². The van der Waals surface area contributed by atoms with Gasteiger partial charge in [-0.25, -0.2) is 13.1 Å². The van der Waals surface area contributed by atoms with Gasteiger partial charge in [0.05, 0.1) is 5.56 Å². The van der Waals surface area contributed by atoms with Crippen molar-refractivity contribution >= 4 is 15.9 Å². The Kier molecular flexibility index (Phi) is 3.32. The summed E-state index contributed by atoms with van der Waals surface area (Å²) in [7, 11) is -3.55. The molecule has 64 valence electrons. The molecule has 1 amide bonds. The Labute approximate surface area is 120 Å². The SMILES string of the molecule is O=C1NS(=O)(=O)c2ccccc21.[H-].[K+]. The van der Waals surface area contributed by atoms with Crippen LogP contribution in [0.5, 0.6) is 0 Å². The molecule has 0 bridgehead atoms. The first-order chi connectivity index (χ1) is 5.61. The maximum atomic E-state index is 11.1. The van der Waals surface area contributed by atoms with E-state index in [1.54, 1.807) is 12.1 Å². The molecule has 1 heterocycles. The average molecular weight is 223 g/mol. The fraction of sp³-hybridized carbons (Fsp3) is 0. The van der Waals surface area contributed by atoms with E-state index in [-0.39, 0.29) is 63.3 Å². The molecular formula is C7H6KNO3S. The summed E-state index contributed by atoms with van der Waals surface area (Å²) in [5.74, 6) is -0.550. The van der Waals surface area contributed by atoms with Gasteiger partial charge < -0.3 is 1.43 Å². The van der Waals surface area contributed by atoms with E-state index in [0.29, 0.717) is 0 Å². The minimum Gasteiger partial charge on any atom is -1.00 e. The molecule has 0 aliphatic carbocycles. The molecule has 0 atom stereocenters. The van der Waals surface area contributed by atoms with Crippen LogP contribution in [0.1, 0.15) is 11.8 Å². The first kappa shape index (κ1) is 11.4. The van der Waals surface area contributed by atoms with Gasteiger partial charge in [-0.05, 0) is 12.1 Å². The van der Waals surface area contributed by atoms with Crippen molar-refractivity contribution in [1.29, 1.82) is 0 Å². The van der Waals surface area contributed by atoms with E-state index in [1.165, 1.54) is 12.1 Å². The van der Waals surface area contributed by atoms with Gasteiger partial charge in [0.25, 0.3) is 15.9 Å². The molecule has 0 aromatic heterocycles. The zero-order valence-electron chi connectivity index (χ0n) is 7.94. The van der Waals surface area contributed by atoms with E-state index in [4.69, 9.17) is 0 Å². The van der Waals surface area contributed by atoms with Crippen LogP contribution in [0, 0.1) is 0 Å². The molecule has 4 nitrogen and oxygen atoms in total. The van der Waals surface area contributed by atoms with Gasteiger partial charge in [0.2, 0.25) is 0 Å². The third-order valence-corrected chi connectivity index (χ3v) is 3.04. The summed E-state index contributed by atoms with van der Waals surface area (Å²) in [5.41, 5.74) is 0.220. The molecule has 1 N–H and O–H groups in total. The second kappa shape index (κ2) is 3.80. The molecule has 0 radical (unpaired) electrons. The summed E-state index contributed by atoms with van der Waals surface area (Å²) < 4.78 is 24.2. The molecule has 1 aromatic carbocycles. The minimum atomic E-state index is -3.55. The van der Waals surface area contributed by atoms with Gasteiger partial charge in [-0.15, -0.1) is 0 Å². The maximum Gasteiger partial charge on any atom is 1.00 e. The van der Waals surface area contributed by atoms with Crippen molar-refractivity contribution in [2.24, 2.45) is 0 Å². The van der Waals surface area contributed by atoms with Crippen LogP contribution >= 0.6 is 0 Å². The fourth-order valence-corrected chi connectivity index (χ4v) is 2.29. The molecule has 0 spiro atoms. The van der Waals surface area contributed by atoms with Crippen LogP contribution in [0.2, 0.25) is 0 Å². The Bertz CT molecular complexity index is 460. The van der Waals surface area contributed by atoms with Crippen molar-refractivity contribution in [2.45, 2.75) is 4.90 Å². The molecular weight excluding hydrogens is 217 g/mol. The summed E-state index contributed by atoms with van der Waals surface area (Å²) in [5, 5.41) is 0. The van der Waals surface area contributed by atoms with Crippen LogP contribution in [0.4, 0.5) is 0 Å². The van der Waals surface area contributed by atoms with Gasteiger partial charge >= 0.3 is 51.4 Å². The van der Waals surface area contributed by atoms with Gasteiger partial charge in [0.15, 0.2) is 0 Å². The van der Waals surface area contributed by atoms with E-state index in [2.05, 4.69) is 0 Å². The quantitative estimate of drug-likeness (QED) is 0.485. The largest absolute Gasteiger partial charge is 1.00 e. The van der Waals surface area contributed by atoms with Crippen molar-refractivity contribution in [3.05, 3.63) is 29.8 Å². The van der Waals surface area contributed by atoms with Crippen molar-refractivity contribution in [3.8, 4) is 0 Å². The molecule has 0 fully saturated rings. The Morgan fingerprint density at radius 2 is 1.85 bits per heavy atom. The van der Waals surface area contributed by atoms with Crippen molar-refractivity contribution in [1.82, 2.24) is 4.72 Å². The summed E-state index contributed by atoms with van der Waals surface area (Å²) >= 11 is 0. The molecule has 6 heteroatoms.